The summed E-state index contributed by atoms with van der Waals surface area (Å²) in [5.74, 6) is -0.391. The molecule has 0 heterocycles. The van der Waals surface area contributed by atoms with Crippen molar-refractivity contribution in [3.8, 4) is 5.75 Å². The van der Waals surface area contributed by atoms with Crippen molar-refractivity contribution >= 4 is 21.4 Å². The fourth-order valence-electron chi connectivity index (χ4n) is 2.19. The van der Waals surface area contributed by atoms with E-state index in [1.807, 2.05) is 0 Å². The van der Waals surface area contributed by atoms with Gasteiger partial charge in [0.05, 0.1) is 16.9 Å². The van der Waals surface area contributed by atoms with E-state index in [-0.39, 0.29) is 28.6 Å². The van der Waals surface area contributed by atoms with Crippen molar-refractivity contribution in [1.82, 2.24) is 0 Å². The predicted molar refractivity (Wildman–Crippen MR) is 86.3 cm³/mol. The van der Waals surface area contributed by atoms with E-state index in [0.717, 1.165) is 34.6 Å². The lowest BCUT2D eigenvalue weighted by atomic mass is 10.2. The first-order chi connectivity index (χ1) is 11.3. The van der Waals surface area contributed by atoms with Gasteiger partial charge in [-0.1, -0.05) is 0 Å². The fourth-order valence-corrected chi connectivity index (χ4v) is 3.67. The largest absolute Gasteiger partial charge is 0.495 e. The Kier molecular flexibility index (Phi) is 5.03. The summed E-state index contributed by atoms with van der Waals surface area (Å²) in [4.78, 5) is 10.2. The fraction of sp³-hybridized carbons (Fsp3) is 0.200. The summed E-state index contributed by atoms with van der Waals surface area (Å²) in [5, 5.41) is 11.0. The molecule has 0 atom stereocenters. The quantitative estimate of drug-likeness (QED) is 0.588. The van der Waals surface area contributed by atoms with Gasteiger partial charge < -0.3 is 4.74 Å². The molecule has 0 amide bonds. The molecular formula is C15H15FN2O5S. The van der Waals surface area contributed by atoms with Crippen molar-refractivity contribution < 1.29 is 22.5 Å². The number of hydrogen-bond acceptors (Lipinski definition) is 5. The number of halogens is 1. The number of sulfonamides is 1. The van der Waals surface area contributed by atoms with Crippen molar-refractivity contribution in [2.24, 2.45) is 0 Å². The van der Waals surface area contributed by atoms with Crippen LogP contribution in [0.4, 0.5) is 15.8 Å². The Morgan fingerprint density at radius 2 is 1.83 bits per heavy atom. The van der Waals surface area contributed by atoms with Crippen LogP contribution in [0, 0.1) is 15.9 Å². The van der Waals surface area contributed by atoms with Crippen LogP contribution in [0.3, 0.4) is 0 Å². The third-order valence-corrected chi connectivity index (χ3v) is 5.23. The van der Waals surface area contributed by atoms with Crippen molar-refractivity contribution in [2.45, 2.75) is 11.8 Å². The van der Waals surface area contributed by atoms with Crippen LogP contribution in [-0.4, -0.2) is 27.0 Å². The predicted octanol–water partition coefficient (Wildman–Crippen LogP) is 2.96. The van der Waals surface area contributed by atoms with Gasteiger partial charge in [-0.3, -0.25) is 14.4 Å². The second-order valence-corrected chi connectivity index (χ2v) is 6.60. The second kappa shape index (κ2) is 6.83. The molecule has 0 saturated carbocycles. The number of nitrogens with zero attached hydrogens (tertiary/aromatic N) is 2. The molecule has 24 heavy (non-hydrogen) atoms. The van der Waals surface area contributed by atoms with Gasteiger partial charge in [-0.2, -0.15) is 0 Å². The van der Waals surface area contributed by atoms with Crippen LogP contribution in [-0.2, 0) is 10.0 Å². The highest BCUT2D eigenvalue weighted by Crippen LogP contribution is 2.35. The Bertz CT molecular complexity index is 853. The van der Waals surface area contributed by atoms with E-state index >= 15 is 0 Å². The minimum absolute atomic E-state index is 0.0111. The molecule has 2 aromatic rings. The Balaban J connectivity index is 2.60. The number of rotatable bonds is 6. The molecule has 0 spiro atoms. The number of nitro groups is 1. The number of nitro benzene ring substituents is 1. The molecule has 0 bridgehead atoms. The molecule has 0 aromatic heterocycles. The molecule has 2 aromatic carbocycles. The van der Waals surface area contributed by atoms with E-state index in [9.17, 15) is 22.9 Å². The Morgan fingerprint density at radius 1 is 1.21 bits per heavy atom. The maximum atomic E-state index is 13.0. The van der Waals surface area contributed by atoms with Crippen LogP contribution in [0.5, 0.6) is 5.75 Å². The van der Waals surface area contributed by atoms with Crippen LogP contribution < -0.4 is 9.04 Å². The van der Waals surface area contributed by atoms with Gasteiger partial charge in [-0.25, -0.2) is 12.8 Å². The van der Waals surface area contributed by atoms with Gasteiger partial charge in [0.2, 0.25) is 0 Å². The summed E-state index contributed by atoms with van der Waals surface area (Å²) in [5.41, 5.74) is -0.225. The summed E-state index contributed by atoms with van der Waals surface area (Å²) in [7, 11) is -2.70. The zero-order valence-electron chi connectivity index (χ0n) is 13.0. The molecule has 9 heteroatoms. The monoisotopic (exact) mass is 354 g/mol. The zero-order chi connectivity index (χ0) is 17.9. The lowest BCUT2D eigenvalue weighted by Crippen LogP contribution is -2.31. The third-order valence-electron chi connectivity index (χ3n) is 3.33. The van der Waals surface area contributed by atoms with E-state index in [0.29, 0.717) is 0 Å². The van der Waals surface area contributed by atoms with Crippen molar-refractivity contribution in [1.29, 1.82) is 0 Å². The first kappa shape index (κ1) is 17.7. The van der Waals surface area contributed by atoms with Gasteiger partial charge in [0.15, 0.2) is 0 Å². The number of methoxy groups -OCH3 is 1. The highest BCUT2D eigenvalue weighted by atomic mass is 32.2. The number of anilines is 1. The molecule has 0 aliphatic heterocycles. The molecular weight excluding hydrogens is 339 g/mol. The summed E-state index contributed by atoms with van der Waals surface area (Å²) >= 11 is 0. The highest BCUT2D eigenvalue weighted by molar-refractivity contribution is 7.92. The maximum Gasteiger partial charge on any atom is 0.271 e. The standard InChI is InChI=1S/C15H15FN2O5S/c1-3-17(24(21,22)13-7-4-11(16)5-8-13)14-10-12(18(19)20)6-9-15(14)23-2/h4-10H,3H2,1-2H3. The van der Waals surface area contributed by atoms with Gasteiger partial charge in [0.25, 0.3) is 15.7 Å². The number of non-ortho nitro benzene ring substituents is 1. The summed E-state index contributed by atoms with van der Waals surface area (Å²) in [6, 6.07) is 8.02. The molecule has 7 nitrogen and oxygen atoms in total. The Hall–Kier alpha value is -2.68. The molecule has 128 valence electrons. The van der Waals surface area contributed by atoms with Crippen molar-refractivity contribution in [3.63, 3.8) is 0 Å². The van der Waals surface area contributed by atoms with Crippen LogP contribution >= 0.6 is 0 Å². The molecule has 0 radical (unpaired) electrons. The van der Waals surface area contributed by atoms with Crippen molar-refractivity contribution in [3.05, 3.63) is 58.4 Å². The topological polar surface area (TPSA) is 89.8 Å². The third kappa shape index (κ3) is 3.30. The van der Waals surface area contributed by atoms with Gasteiger partial charge in [0, 0.05) is 18.7 Å². The van der Waals surface area contributed by atoms with Gasteiger partial charge in [-0.05, 0) is 37.3 Å². The van der Waals surface area contributed by atoms with E-state index < -0.39 is 20.8 Å². The smallest absolute Gasteiger partial charge is 0.271 e. The van der Waals surface area contributed by atoms with E-state index in [4.69, 9.17) is 4.74 Å². The minimum atomic E-state index is -4.03. The number of ether oxygens (including phenoxy) is 1. The normalized spacial score (nSPS) is 11.1. The van der Waals surface area contributed by atoms with E-state index in [1.165, 1.54) is 19.2 Å². The molecule has 0 aliphatic rings. The van der Waals surface area contributed by atoms with E-state index in [1.54, 1.807) is 6.92 Å². The van der Waals surface area contributed by atoms with Gasteiger partial charge >= 0.3 is 0 Å². The second-order valence-electron chi connectivity index (χ2n) is 4.74. The van der Waals surface area contributed by atoms with Crippen LogP contribution in [0.2, 0.25) is 0 Å². The molecule has 0 unspecified atom stereocenters. The summed E-state index contributed by atoms with van der Waals surface area (Å²) in [6.45, 7) is 1.59. The molecule has 0 saturated heterocycles. The van der Waals surface area contributed by atoms with E-state index in [2.05, 4.69) is 0 Å². The average Bonchev–Trinajstić information content (AvgIpc) is 2.55. The lowest BCUT2D eigenvalue weighted by molar-refractivity contribution is -0.384. The first-order valence-corrected chi connectivity index (χ1v) is 8.36. The first-order valence-electron chi connectivity index (χ1n) is 6.92. The molecule has 2 rings (SSSR count). The SMILES string of the molecule is CCN(c1cc([N+](=O)[O-])ccc1OC)S(=O)(=O)c1ccc(F)cc1. The lowest BCUT2D eigenvalue weighted by Gasteiger charge is -2.24. The zero-order valence-corrected chi connectivity index (χ0v) is 13.8. The van der Waals surface area contributed by atoms with Crippen LogP contribution in [0.15, 0.2) is 47.4 Å². The van der Waals surface area contributed by atoms with Gasteiger partial charge in [-0.15, -0.1) is 0 Å². The minimum Gasteiger partial charge on any atom is -0.495 e. The number of hydrogen-bond donors (Lipinski definition) is 0. The molecule has 0 fully saturated rings. The highest BCUT2D eigenvalue weighted by Gasteiger charge is 2.27. The maximum absolute atomic E-state index is 13.0. The van der Waals surface area contributed by atoms with Crippen LogP contribution in [0.1, 0.15) is 6.92 Å². The van der Waals surface area contributed by atoms with Gasteiger partial charge in [0.1, 0.15) is 17.3 Å². The Labute approximate surface area is 138 Å². The van der Waals surface area contributed by atoms with Crippen molar-refractivity contribution in [2.75, 3.05) is 18.0 Å². The summed E-state index contributed by atoms with van der Waals surface area (Å²) < 4.78 is 44.7. The average molecular weight is 354 g/mol. The molecule has 0 aliphatic carbocycles. The van der Waals surface area contributed by atoms with Crippen LogP contribution in [0.25, 0.3) is 0 Å². The molecule has 0 N–H and O–H groups in total. The number of benzene rings is 2. The summed E-state index contributed by atoms with van der Waals surface area (Å²) in [6.07, 6.45) is 0. The Morgan fingerprint density at radius 3 is 2.33 bits per heavy atom.